The van der Waals surface area contributed by atoms with Crippen molar-refractivity contribution >= 4 is 5.97 Å². The van der Waals surface area contributed by atoms with Crippen LogP contribution in [-0.4, -0.2) is 13.1 Å². The lowest BCUT2D eigenvalue weighted by Crippen LogP contribution is -2.10. The van der Waals surface area contributed by atoms with E-state index in [0.717, 1.165) is 6.42 Å². The number of esters is 1. The lowest BCUT2D eigenvalue weighted by molar-refractivity contribution is -0.136. The van der Waals surface area contributed by atoms with Crippen LogP contribution in [0.4, 0.5) is 0 Å². The predicted octanol–water partition coefficient (Wildman–Crippen LogP) is 1.76. The molecule has 58 valence electrons. The molecular weight excluding hydrogens is 128 g/mol. The van der Waals surface area contributed by atoms with Crippen LogP contribution in [0.1, 0.15) is 20.3 Å². The summed E-state index contributed by atoms with van der Waals surface area (Å²) in [5.74, 6) is -0.0678. The highest BCUT2D eigenvalue weighted by molar-refractivity contribution is 5.88. The molecule has 0 saturated heterocycles. The molecule has 0 aliphatic rings. The molecule has 2 heteroatoms. The number of carbonyl (C=O) groups is 1. The number of hydrogen-bond donors (Lipinski definition) is 0. The molecule has 10 heavy (non-hydrogen) atoms. The van der Waals surface area contributed by atoms with Gasteiger partial charge in [-0.05, 0) is 12.3 Å². The number of rotatable bonds is 3. The van der Waals surface area contributed by atoms with Gasteiger partial charge >= 0.3 is 5.97 Å². The Morgan fingerprint density at radius 2 is 2.20 bits per heavy atom. The SMILES string of the molecule is C=C(C(=O)OC)C(C)CC. The molecule has 1 atom stereocenters. The Labute approximate surface area is 61.9 Å². The molecule has 0 aliphatic heterocycles. The Balaban J connectivity index is 3.95. The van der Waals surface area contributed by atoms with Crippen LogP contribution in [0.25, 0.3) is 0 Å². The highest BCUT2D eigenvalue weighted by Gasteiger charge is 2.12. The Bertz CT molecular complexity index is 138. The van der Waals surface area contributed by atoms with Gasteiger partial charge in [0.15, 0.2) is 0 Å². The summed E-state index contributed by atoms with van der Waals surface area (Å²) in [6, 6.07) is 0. The topological polar surface area (TPSA) is 26.3 Å². The monoisotopic (exact) mass is 142 g/mol. The molecule has 0 saturated carbocycles. The normalized spacial score (nSPS) is 12.3. The van der Waals surface area contributed by atoms with Gasteiger partial charge in [0.1, 0.15) is 0 Å². The lowest BCUT2D eigenvalue weighted by Gasteiger charge is -2.08. The third-order valence-corrected chi connectivity index (χ3v) is 1.65. The standard InChI is InChI=1S/C8H14O2/c1-5-6(2)7(3)8(9)10-4/h6H,3,5H2,1-2,4H3. The van der Waals surface area contributed by atoms with E-state index in [9.17, 15) is 4.79 Å². The molecule has 0 radical (unpaired) electrons. The van der Waals surface area contributed by atoms with Gasteiger partial charge in [-0.1, -0.05) is 20.4 Å². The van der Waals surface area contributed by atoms with Crippen molar-refractivity contribution in [2.45, 2.75) is 20.3 Å². The van der Waals surface area contributed by atoms with Crippen LogP contribution >= 0.6 is 0 Å². The first-order valence-electron chi connectivity index (χ1n) is 3.40. The fourth-order valence-electron chi connectivity index (χ4n) is 0.579. The predicted molar refractivity (Wildman–Crippen MR) is 40.6 cm³/mol. The van der Waals surface area contributed by atoms with E-state index in [1.165, 1.54) is 7.11 Å². The number of methoxy groups -OCH3 is 1. The largest absolute Gasteiger partial charge is 0.466 e. The fraction of sp³-hybridized carbons (Fsp3) is 0.625. The van der Waals surface area contributed by atoms with E-state index in [1.807, 2.05) is 13.8 Å². The molecule has 0 N–H and O–H groups in total. The Morgan fingerprint density at radius 1 is 1.70 bits per heavy atom. The van der Waals surface area contributed by atoms with Crippen molar-refractivity contribution < 1.29 is 9.53 Å². The summed E-state index contributed by atoms with van der Waals surface area (Å²) in [6.45, 7) is 7.59. The summed E-state index contributed by atoms with van der Waals surface area (Å²) in [5.41, 5.74) is 0.560. The van der Waals surface area contributed by atoms with E-state index >= 15 is 0 Å². The number of carbonyl (C=O) groups excluding carboxylic acids is 1. The molecule has 0 aromatic heterocycles. The first kappa shape index (κ1) is 9.21. The Kier molecular flexibility index (Phi) is 3.77. The second kappa shape index (κ2) is 4.09. The first-order valence-corrected chi connectivity index (χ1v) is 3.40. The lowest BCUT2D eigenvalue weighted by atomic mass is 10.0. The van der Waals surface area contributed by atoms with Gasteiger partial charge in [-0.3, -0.25) is 0 Å². The van der Waals surface area contributed by atoms with E-state index < -0.39 is 0 Å². The van der Waals surface area contributed by atoms with E-state index in [1.54, 1.807) is 0 Å². The van der Waals surface area contributed by atoms with Crippen LogP contribution in [0.15, 0.2) is 12.2 Å². The van der Waals surface area contributed by atoms with Crippen molar-refractivity contribution in [3.8, 4) is 0 Å². The molecule has 2 nitrogen and oxygen atoms in total. The molecule has 0 amide bonds. The van der Waals surface area contributed by atoms with Crippen molar-refractivity contribution in [3.63, 3.8) is 0 Å². The maximum Gasteiger partial charge on any atom is 0.333 e. The third kappa shape index (κ3) is 2.21. The second-order valence-electron chi connectivity index (χ2n) is 2.33. The molecule has 0 heterocycles. The van der Waals surface area contributed by atoms with Crippen molar-refractivity contribution in [1.82, 2.24) is 0 Å². The summed E-state index contributed by atoms with van der Waals surface area (Å²) < 4.78 is 4.50. The first-order chi connectivity index (χ1) is 4.63. The molecule has 0 aliphatic carbocycles. The van der Waals surface area contributed by atoms with E-state index in [0.29, 0.717) is 5.57 Å². The molecule has 0 aromatic rings. The van der Waals surface area contributed by atoms with Crippen molar-refractivity contribution in [3.05, 3.63) is 12.2 Å². The van der Waals surface area contributed by atoms with Crippen LogP contribution in [0.2, 0.25) is 0 Å². The minimum absolute atomic E-state index is 0.229. The van der Waals surface area contributed by atoms with Crippen LogP contribution in [-0.2, 0) is 9.53 Å². The third-order valence-electron chi connectivity index (χ3n) is 1.65. The number of hydrogen-bond acceptors (Lipinski definition) is 2. The molecular formula is C8H14O2. The highest BCUT2D eigenvalue weighted by Crippen LogP contribution is 2.12. The van der Waals surface area contributed by atoms with Crippen molar-refractivity contribution in [2.75, 3.05) is 7.11 Å². The average Bonchev–Trinajstić information content (AvgIpc) is 2.00. The minimum Gasteiger partial charge on any atom is -0.466 e. The highest BCUT2D eigenvalue weighted by atomic mass is 16.5. The van der Waals surface area contributed by atoms with Gasteiger partial charge in [0.25, 0.3) is 0 Å². The zero-order valence-electron chi connectivity index (χ0n) is 6.81. The van der Waals surface area contributed by atoms with Gasteiger partial charge in [0.2, 0.25) is 0 Å². The fourth-order valence-corrected chi connectivity index (χ4v) is 0.579. The summed E-state index contributed by atoms with van der Waals surface area (Å²) >= 11 is 0. The zero-order chi connectivity index (χ0) is 8.15. The van der Waals surface area contributed by atoms with Gasteiger partial charge in [-0.2, -0.15) is 0 Å². The van der Waals surface area contributed by atoms with Crippen LogP contribution < -0.4 is 0 Å². The van der Waals surface area contributed by atoms with Crippen LogP contribution in [0.5, 0.6) is 0 Å². The minimum atomic E-state index is -0.297. The van der Waals surface area contributed by atoms with Gasteiger partial charge in [0, 0.05) is 5.57 Å². The Morgan fingerprint density at radius 3 is 2.50 bits per heavy atom. The van der Waals surface area contributed by atoms with Crippen LogP contribution in [0.3, 0.4) is 0 Å². The zero-order valence-corrected chi connectivity index (χ0v) is 6.81. The molecule has 0 bridgehead atoms. The Hall–Kier alpha value is -0.790. The maximum absolute atomic E-state index is 10.8. The second-order valence-corrected chi connectivity index (χ2v) is 2.33. The van der Waals surface area contributed by atoms with E-state index in [-0.39, 0.29) is 11.9 Å². The summed E-state index contributed by atoms with van der Waals surface area (Å²) in [5, 5.41) is 0. The summed E-state index contributed by atoms with van der Waals surface area (Å²) in [4.78, 5) is 10.8. The van der Waals surface area contributed by atoms with Gasteiger partial charge in [-0.15, -0.1) is 0 Å². The smallest absolute Gasteiger partial charge is 0.333 e. The maximum atomic E-state index is 10.8. The molecule has 0 aromatic carbocycles. The summed E-state index contributed by atoms with van der Waals surface area (Å²) in [6.07, 6.45) is 0.925. The molecule has 0 fully saturated rings. The van der Waals surface area contributed by atoms with Crippen molar-refractivity contribution in [1.29, 1.82) is 0 Å². The van der Waals surface area contributed by atoms with Gasteiger partial charge < -0.3 is 4.74 Å². The van der Waals surface area contributed by atoms with Gasteiger partial charge in [0.05, 0.1) is 7.11 Å². The van der Waals surface area contributed by atoms with Crippen LogP contribution in [0, 0.1) is 5.92 Å². The molecule has 0 rings (SSSR count). The van der Waals surface area contributed by atoms with Gasteiger partial charge in [-0.25, -0.2) is 4.79 Å². The van der Waals surface area contributed by atoms with E-state index in [2.05, 4.69) is 11.3 Å². The summed E-state index contributed by atoms with van der Waals surface area (Å²) in [7, 11) is 1.37. The molecule has 1 unspecified atom stereocenters. The number of ether oxygens (including phenoxy) is 1. The van der Waals surface area contributed by atoms with E-state index in [4.69, 9.17) is 0 Å². The van der Waals surface area contributed by atoms with Crippen molar-refractivity contribution in [2.24, 2.45) is 5.92 Å². The quantitative estimate of drug-likeness (QED) is 0.443. The average molecular weight is 142 g/mol. The molecule has 0 spiro atoms.